The number of allylic oxidation sites excluding steroid dienone is 2. The molecule has 26 heavy (non-hydrogen) atoms. The molecule has 0 saturated heterocycles. The van der Waals surface area contributed by atoms with E-state index in [1.54, 1.807) is 37.5 Å². The van der Waals surface area contributed by atoms with Crippen molar-refractivity contribution >= 4 is 22.9 Å². The molecule has 1 aliphatic heterocycles. The van der Waals surface area contributed by atoms with E-state index < -0.39 is 17.8 Å². The summed E-state index contributed by atoms with van der Waals surface area (Å²) < 4.78 is 0. The number of benzene rings is 1. The van der Waals surface area contributed by atoms with Gasteiger partial charge in [0, 0.05) is 40.3 Å². The van der Waals surface area contributed by atoms with Gasteiger partial charge < -0.3 is 5.11 Å². The molecule has 7 nitrogen and oxygen atoms in total. The van der Waals surface area contributed by atoms with E-state index in [1.165, 1.54) is 0 Å². The van der Waals surface area contributed by atoms with Crippen molar-refractivity contribution in [3.05, 3.63) is 76.1 Å². The molecule has 0 radical (unpaired) electrons. The van der Waals surface area contributed by atoms with Crippen LogP contribution in [0.3, 0.4) is 0 Å². The first-order valence-corrected chi connectivity index (χ1v) is 8.07. The molecule has 3 rings (SSSR count). The highest BCUT2D eigenvalue weighted by Crippen LogP contribution is 2.44. The third kappa shape index (κ3) is 3.20. The minimum Gasteiger partial charge on any atom is -0.481 e. The quantitative estimate of drug-likeness (QED) is 0.491. The van der Waals surface area contributed by atoms with Crippen LogP contribution in [0.1, 0.15) is 30.9 Å². The molecule has 2 heterocycles. The number of carbonyl (C=O) groups is 1. The average Bonchev–Trinajstić information content (AvgIpc) is 2.62. The van der Waals surface area contributed by atoms with Crippen molar-refractivity contribution in [3.63, 3.8) is 0 Å². The third-order valence-corrected chi connectivity index (χ3v) is 4.46. The molecule has 1 aliphatic rings. The minimum absolute atomic E-state index is 0.442. The van der Waals surface area contributed by atoms with Crippen LogP contribution in [-0.2, 0) is 4.79 Å². The second-order valence-electron chi connectivity index (χ2n) is 6.07. The van der Waals surface area contributed by atoms with E-state index in [9.17, 15) is 9.90 Å². The van der Waals surface area contributed by atoms with Gasteiger partial charge in [0.1, 0.15) is 5.92 Å². The maximum atomic E-state index is 12.0. The van der Waals surface area contributed by atoms with Crippen LogP contribution in [0.25, 0.3) is 16.0 Å². The number of carboxylic acids is 1. The van der Waals surface area contributed by atoms with Gasteiger partial charge in [0.25, 0.3) is 0 Å². The van der Waals surface area contributed by atoms with Crippen LogP contribution in [0.15, 0.2) is 64.6 Å². The van der Waals surface area contributed by atoms with Crippen molar-refractivity contribution in [2.75, 3.05) is 0 Å². The largest absolute Gasteiger partial charge is 0.481 e. The summed E-state index contributed by atoms with van der Waals surface area (Å²) in [4.78, 5) is 23.5. The van der Waals surface area contributed by atoms with Crippen molar-refractivity contribution in [2.24, 2.45) is 16.0 Å². The molecule has 0 bridgehead atoms. The molecule has 1 aromatic carbocycles. The van der Waals surface area contributed by atoms with Crippen molar-refractivity contribution in [2.45, 2.75) is 19.8 Å². The number of aliphatic imine (C=N–C) groups is 1. The Morgan fingerprint density at radius 2 is 2.08 bits per heavy atom. The lowest BCUT2D eigenvalue weighted by Crippen LogP contribution is -2.32. The summed E-state index contributed by atoms with van der Waals surface area (Å²) in [6.07, 6.45) is 3.38. The number of aliphatic carboxylic acids is 1. The van der Waals surface area contributed by atoms with Gasteiger partial charge >= 0.3 is 5.97 Å². The predicted molar refractivity (Wildman–Crippen MR) is 99.1 cm³/mol. The van der Waals surface area contributed by atoms with Gasteiger partial charge in [0.05, 0.1) is 0 Å². The van der Waals surface area contributed by atoms with Crippen LogP contribution in [0.4, 0.5) is 5.69 Å². The Morgan fingerprint density at radius 3 is 2.73 bits per heavy atom. The van der Waals surface area contributed by atoms with E-state index in [2.05, 4.69) is 20.0 Å². The van der Waals surface area contributed by atoms with E-state index in [4.69, 9.17) is 5.53 Å². The van der Waals surface area contributed by atoms with Crippen molar-refractivity contribution < 1.29 is 9.90 Å². The standard InChI is InChI=1S/C19H17N5O2/c1-11-16(14-6-4-8-21-10-14)18(17(19(25)26)12(2)22-11)13-5-3-7-15(9-13)23-24-20/h3-10,17-18H,1-2H3,(H,25,26). The molecule has 0 spiro atoms. The summed E-state index contributed by atoms with van der Waals surface area (Å²) in [6.45, 7) is 3.60. The first-order chi connectivity index (χ1) is 12.5. The monoisotopic (exact) mass is 347 g/mol. The Bertz CT molecular complexity index is 959. The molecule has 0 amide bonds. The molecule has 1 aromatic heterocycles. The lowest BCUT2D eigenvalue weighted by atomic mass is 9.74. The van der Waals surface area contributed by atoms with E-state index >= 15 is 0 Å². The Hall–Kier alpha value is -3.44. The highest BCUT2D eigenvalue weighted by atomic mass is 16.4. The number of hydrogen-bond donors (Lipinski definition) is 1. The van der Waals surface area contributed by atoms with Crippen molar-refractivity contribution in [1.82, 2.24) is 4.98 Å². The molecule has 2 atom stereocenters. The third-order valence-electron chi connectivity index (χ3n) is 4.46. The Balaban J connectivity index is 2.25. The van der Waals surface area contributed by atoms with Crippen LogP contribution < -0.4 is 0 Å². The summed E-state index contributed by atoms with van der Waals surface area (Å²) >= 11 is 0. The molecule has 130 valence electrons. The van der Waals surface area contributed by atoms with Gasteiger partial charge in [-0.05, 0) is 48.2 Å². The Kier molecular flexibility index (Phi) is 4.82. The fourth-order valence-electron chi connectivity index (χ4n) is 3.45. The second kappa shape index (κ2) is 7.21. The van der Waals surface area contributed by atoms with E-state index in [0.717, 1.165) is 22.4 Å². The van der Waals surface area contributed by atoms with Crippen molar-refractivity contribution in [3.8, 4) is 0 Å². The lowest BCUT2D eigenvalue weighted by Gasteiger charge is -2.32. The number of aromatic nitrogens is 1. The average molecular weight is 347 g/mol. The maximum absolute atomic E-state index is 12.0. The molecule has 2 aromatic rings. The van der Waals surface area contributed by atoms with Crippen LogP contribution >= 0.6 is 0 Å². The van der Waals surface area contributed by atoms with Crippen LogP contribution in [0, 0.1) is 5.92 Å². The fourth-order valence-corrected chi connectivity index (χ4v) is 3.45. The van der Waals surface area contributed by atoms with E-state index in [1.807, 2.05) is 25.1 Å². The number of carboxylic acid groups (broad SMARTS) is 1. The van der Waals surface area contributed by atoms with E-state index in [0.29, 0.717) is 11.4 Å². The molecule has 0 saturated carbocycles. The first kappa shape index (κ1) is 17.4. The summed E-state index contributed by atoms with van der Waals surface area (Å²) in [5.74, 6) is -2.21. The summed E-state index contributed by atoms with van der Waals surface area (Å²) in [5.41, 5.74) is 12.8. The van der Waals surface area contributed by atoms with Gasteiger partial charge in [-0.3, -0.25) is 14.8 Å². The van der Waals surface area contributed by atoms with Crippen LogP contribution in [0.2, 0.25) is 0 Å². The SMILES string of the molecule is CC1=NC(C)=C(c2cccnc2)C(c2cccc(N=[N+]=[N-])c2)C1C(=O)O. The van der Waals surface area contributed by atoms with Crippen molar-refractivity contribution in [1.29, 1.82) is 0 Å². The zero-order valence-electron chi connectivity index (χ0n) is 14.4. The highest BCUT2D eigenvalue weighted by Gasteiger charge is 2.38. The molecular formula is C19H17N5O2. The van der Waals surface area contributed by atoms with Gasteiger partial charge in [0.2, 0.25) is 0 Å². The van der Waals surface area contributed by atoms with E-state index in [-0.39, 0.29) is 0 Å². The molecule has 2 unspecified atom stereocenters. The molecule has 0 aliphatic carbocycles. The zero-order valence-corrected chi connectivity index (χ0v) is 14.4. The van der Waals surface area contributed by atoms with Gasteiger partial charge in [-0.15, -0.1) is 0 Å². The topological polar surface area (TPSA) is 111 Å². The number of pyridine rings is 1. The van der Waals surface area contributed by atoms with Gasteiger partial charge in [0.15, 0.2) is 0 Å². The van der Waals surface area contributed by atoms with Crippen LogP contribution in [0.5, 0.6) is 0 Å². The second-order valence-corrected chi connectivity index (χ2v) is 6.07. The first-order valence-electron chi connectivity index (χ1n) is 8.07. The molecule has 0 fully saturated rings. The number of hydrogen-bond acceptors (Lipinski definition) is 4. The highest BCUT2D eigenvalue weighted by molar-refractivity contribution is 6.06. The minimum atomic E-state index is -0.945. The zero-order chi connectivity index (χ0) is 18.7. The number of nitrogens with zero attached hydrogens (tertiary/aromatic N) is 5. The Morgan fingerprint density at radius 1 is 1.27 bits per heavy atom. The maximum Gasteiger partial charge on any atom is 0.313 e. The molecular weight excluding hydrogens is 330 g/mol. The molecule has 7 heteroatoms. The van der Waals surface area contributed by atoms with Gasteiger partial charge in [-0.2, -0.15) is 0 Å². The summed E-state index contributed by atoms with van der Waals surface area (Å²) in [5, 5.41) is 13.5. The molecule has 1 N–H and O–H groups in total. The normalized spacial score (nSPS) is 19.5. The number of rotatable bonds is 4. The summed E-state index contributed by atoms with van der Waals surface area (Å²) in [7, 11) is 0. The fraction of sp³-hybridized carbons (Fsp3) is 0.211. The smallest absolute Gasteiger partial charge is 0.313 e. The lowest BCUT2D eigenvalue weighted by molar-refractivity contribution is -0.139. The van der Waals surface area contributed by atoms with Gasteiger partial charge in [-0.1, -0.05) is 29.4 Å². The number of azide groups is 1. The van der Waals surface area contributed by atoms with Crippen LogP contribution in [-0.4, -0.2) is 21.8 Å². The summed E-state index contributed by atoms with van der Waals surface area (Å²) in [6, 6.07) is 10.7. The Labute approximate surface area is 150 Å². The predicted octanol–water partition coefficient (Wildman–Crippen LogP) is 4.71. The van der Waals surface area contributed by atoms with Gasteiger partial charge in [-0.25, -0.2) is 0 Å².